The van der Waals surface area contributed by atoms with E-state index in [-0.39, 0.29) is 0 Å². The minimum atomic E-state index is 0.519. The van der Waals surface area contributed by atoms with Crippen molar-refractivity contribution in [2.75, 3.05) is 0 Å². The van der Waals surface area contributed by atoms with Gasteiger partial charge in [0.25, 0.3) is 0 Å². The zero-order valence-corrected chi connectivity index (χ0v) is 17.2. The van der Waals surface area contributed by atoms with Crippen molar-refractivity contribution in [1.82, 2.24) is 9.97 Å². The molecule has 0 spiro atoms. The third-order valence-electron chi connectivity index (χ3n) is 5.55. The second kappa shape index (κ2) is 7.36. The van der Waals surface area contributed by atoms with Crippen molar-refractivity contribution in [2.45, 2.75) is 0 Å². The van der Waals surface area contributed by atoms with Gasteiger partial charge < -0.3 is 8.83 Å². The van der Waals surface area contributed by atoms with Crippen LogP contribution in [-0.2, 0) is 0 Å². The largest absolute Gasteiger partial charge is 0.436 e. The van der Waals surface area contributed by atoms with Gasteiger partial charge in [-0.05, 0) is 41.5 Å². The average molecular weight is 414 g/mol. The number of para-hydroxylation sites is 4. The van der Waals surface area contributed by atoms with Crippen molar-refractivity contribution >= 4 is 28.3 Å². The van der Waals surface area contributed by atoms with E-state index in [0.29, 0.717) is 11.8 Å². The zero-order valence-electron chi connectivity index (χ0n) is 17.2. The Bertz CT molecular complexity index is 1530. The van der Waals surface area contributed by atoms with E-state index in [0.717, 1.165) is 50.0 Å². The smallest absolute Gasteiger partial charge is 0.228 e. The highest BCUT2D eigenvalue weighted by Gasteiger charge is 2.24. The first-order valence-electron chi connectivity index (χ1n) is 10.4. The van der Waals surface area contributed by atoms with Crippen molar-refractivity contribution < 1.29 is 8.83 Å². The van der Waals surface area contributed by atoms with Crippen molar-refractivity contribution in [2.24, 2.45) is 0 Å². The third-order valence-corrected chi connectivity index (χ3v) is 5.55. The Morgan fingerprint density at radius 2 is 1.19 bits per heavy atom. The topological polar surface area (TPSA) is 52.1 Å². The van der Waals surface area contributed by atoms with E-state index in [1.165, 1.54) is 0 Å². The molecule has 0 unspecified atom stereocenters. The van der Waals surface area contributed by atoms with E-state index in [1.54, 1.807) is 0 Å². The lowest BCUT2D eigenvalue weighted by atomic mass is 9.90. The summed E-state index contributed by atoms with van der Waals surface area (Å²) in [5.41, 5.74) is 7.72. The van der Waals surface area contributed by atoms with Gasteiger partial charge in [-0.3, -0.25) is 0 Å². The molecule has 2 aromatic heterocycles. The molecule has 0 amide bonds. The Morgan fingerprint density at radius 1 is 0.594 bits per heavy atom. The number of hydrogen-bond acceptors (Lipinski definition) is 4. The van der Waals surface area contributed by atoms with E-state index in [1.807, 2.05) is 84.9 Å². The van der Waals surface area contributed by atoms with E-state index >= 15 is 0 Å². The fourth-order valence-corrected chi connectivity index (χ4v) is 4.07. The maximum atomic E-state index is 6.24. The molecule has 4 aromatic carbocycles. The molecule has 0 radical (unpaired) electrons. The summed E-state index contributed by atoms with van der Waals surface area (Å²) in [6.45, 7) is 4.04. The number of benzene rings is 4. The summed E-state index contributed by atoms with van der Waals surface area (Å²) in [6, 6.07) is 29.7. The molecule has 4 nitrogen and oxygen atoms in total. The van der Waals surface area contributed by atoms with Crippen molar-refractivity contribution in [3.63, 3.8) is 0 Å². The van der Waals surface area contributed by atoms with Gasteiger partial charge in [0, 0.05) is 5.56 Å². The summed E-state index contributed by atoms with van der Waals surface area (Å²) in [7, 11) is 0. The summed E-state index contributed by atoms with van der Waals surface area (Å²) < 4.78 is 12.4. The Hall–Kier alpha value is -4.44. The fraction of sp³-hybridized carbons (Fsp3) is 0. The first-order valence-corrected chi connectivity index (χ1v) is 10.4. The molecule has 0 atom stereocenters. The van der Waals surface area contributed by atoms with Crippen LogP contribution < -0.4 is 0 Å². The monoisotopic (exact) mass is 414 g/mol. The van der Waals surface area contributed by atoms with Gasteiger partial charge in [0.1, 0.15) is 11.0 Å². The minimum Gasteiger partial charge on any atom is -0.436 e. The second-order valence-electron chi connectivity index (χ2n) is 7.50. The minimum absolute atomic E-state index is 0.519. The average Bonchev–Trinajstić information content (AvgIpc) is 3.47. The standard InChI is InChI=1S/C28H18N2O2/c1-2-18-16-17-20(27-29-21-12-6-8-14-23(21)31-27)26(25(18)19-10-4-3-5-11-19)28-30-22-13-7-9-15-24(22)32-28/h2-17H,1H2. The fourth-order valence-electron chi connectivity index (χ4n) is 4.07. The summed E-state index contributed by atoms with van der Waals surface area (Å²) in [5.74, 6) is 1.04. The van der Waals surface area contributed by atoms with E-state index in [4.69, 9.17) is 18.8 Å². The molecule has 6 aromatic rings. The molecule has 32 heavy (non-hydrogen) atoms. The number of hydrogen-bond donors (Lipinski definition) is 0. The first kappa shape index (κ1) is 18.3. The van der Waals surface area contributed by atoms with Crippen LogP contribution in [0.25, 0.3) is 62.3 Å². The lowest BCUT2D eigenvalue weighted by molar-refractivity contribution is 0.611. The van der Waals surface area contributed by atoms with Crippen LogP contribution in [0.4, 0.5) is 0 Å². The van der Waals surface area contributed by atoms with E-state index < -0.39 is 0 Å². The van der Waals surface area contributed by atoms with Gasteiger partial charge in [-0.1, -0.05) is 73.3 Å². The first-order chi connectivity index (χ1) is 15.8. The number of oxazole rings is 2. The van der Waals surface area contributed by atoms with Gasteiger partial charge in [0.05, 0.1) is 11.1 Å². The number of aromatic nitrogens is 2. The molecular formula is C28H18N2O2. The molecule has 6 rings (SSSR count). The molecule has 0 fully saturated rings. The van der Waals surface area contributed by atoms with Crippen molar-refractivity contribution in [1.29, 1.82) is 0 Å². The van der Waals surface area contributed by atoms with Crippen LogP contribution in [0.5, 0.6) is 0 Å². The predicted molar refractivity (Wildman–Crippen MR) is 128 cm³/mol. The third kappa shape index (κ3) is 2.93. The Kier molecular flexibility index (Phi) is 4.22. The predicted octanol–water partition coefficient (Wildman–Crippen LogP) is 7.61. The molecule has 0 saturated heterocycles. The van der Waals surface area contributed by atoms with Gasteiger partial charge in [0.2, 0.25) is 11.8 Å². The van der Waals surface area contributed by atoms with Gasteiger partial charge in [-0.2, -0.15) is 0 Å². The lowest BCUT2D eigenvalue weighted by Gasteiger charge is -2.14. The SMILES string of the molecule is C=Cc1ccc(-c2nc3ccccc3o2)c(-c2nc3ccccc3o2)c1-c1ccccc1. The molecule has 152 valence electrons. The Labute approximate surface area is 184 Å². The van der Waals surface area contributed by atoms with Gasteiger partial charge >= 0.3 is 0 Å². The van der Waals surface area contributed by atoms with Crippen LogP contribution in [0.1, 0.15) is 5.56 Å². The van der Waals surface area contributed by atoms with Crippen LogP contribution in [0.15, 0.2) is 106 Å². The maximum Gasteiger partial charge on any atom is 0.228 e. The van der Waals surface area contributed by atoms with E-state index in [9.17, 15) is 0 Å². The van der Waals surface area contributed by atoms with Crippen LogP contribution in [0.2, 0.25) is 0 Å². The van der Waals surface area contributed by atoms with Crippen LogP contribution in [0, 0.1) is 0 Å². The molecule has 0 N–H and O–H groups in total. The van der Waals surface area contributed by atoms with Crippen molar-refractivity contribution in [3.8, 4) is 34.0 Å². The highest BCUT2D eigenvalue weighted by atomic mass is 16.4. The summed E-state index contributed by atoms with van der Waals surface area (Å²) in [4.78, 5) is 9.57. The van der Waals surface area contributed by atoms with Crippen LogP contribution in [0.3, 0.4) is 0 Å². The van der Waals surface area contributed by atoms with Gasteiger partial charge in [-0.15, -0.1) is 0 Å². The molecule has 0 aliphatic heterocycles. The number of fused-ring (bicyclic) bond motifs is 2. The summed E-state index contributed by atoms with van der Waals surface area (Å²) in [5, 5.41) is 0. The maximum absolute atomic E-state index is 6.24. The summed E-state index contributed by atoms with van der Waals surface area (Å²) >= 11 is 0. The zero-order chi connectivity index (χ0) is 21.5. The molecular weight excluding hydrogens is 396 g/mol. The molecule has 4 heteroatoms. The molecule has 2 heterocycles. The Balaban J connectivity index is 1.72. The van der Waals surface area contributed by atoms with Crippen LogP contribution >= 0.6 is 0 Å². The number of rotatable bonds is 4. The van der Waals surface area contributed by atoms with Crippen molar-refractivity contribution in [3.05, 3.63) is 103 Å². The molecule has 0 saturated carbocycles. The number of nitrogens with zero attached hydrogens (tertiary/aromatic N) is 2. The van der Waals surface area contributed by atoms with Gasteiger partial charge in [0.15, 0.2) is 11.2 Å². The van der Waals surface area contributed by atoms with E-state index in [2.05, 4.69) is 18.7 Å². The molecule has 0 aliphatic carbocycles. The highest BCUT2D eigenvalue weighted by Crippen LogP contribution is 2.43. The van der Waals surface area contributed by atoms with Crippen LogP contribution in [-0.4, -0.2) is 9.97 Å². The molecule has 0 bridgehead atoms. The summed E-state index contributed by atoms with van der Waals surface area (Å²) in [6.07, 6.45) is 1.85. The molecule has 0 aliphatic rings. The normalized spacial score (nSPS) is 11.2. The second-order valence-corrected chi connectivity index (χ2v) is 7.50. The van der Waals surface area contributed by atoms with Gasteiger partial charge in [-0.25, -0.2) is 9.97 Å². The Morgan fingerprint density at radius 3 is 1.84 bits per heavy atom. The lowest BCUT2D eigenvalue weighted by Crippen LogP contribution is -1.94. The quantitative estimate of drug-likeness (QED) is 0.298. The highest BCUT2D eigenvalue weighted by molar-refractivity contribution is 5.96.